The fourth-order valence-corrected chi connectivity index (χ4v) is 14.8. The van der Waals surface area contributed by atoms with Crippen LogP contribution in [0.1, 0.15) is 106 Å². The highest BCUT2D eigenvalue weighted by atomic mass is 127. The summed E-state index contributed by atoms with van der Waals surface area (Å²) in [6.45, 7) is 13.6. The molecular formula is C47H77IO17. The Hall–Kier alpha value is -0.210. The van der Waals surface area contributed by atoms with Crippen molar-refractivity contribution in [3.05, 3.63) is 11.6 Å². The van der Waals surface area contributed by atoms with Gasteiger partial charge in [0.15, 0.2) is 18.9 Å². The van der Waals surface area contributed by atoms with Crippen LogP contribution in [0.2, 0.25) is 0 Å². The number of aliphatic hydroxyl groups is 10. The highest BCUT2D eigenvalue weighted by Crippen LogP contribution is 2.75. The maximum atomic E-state index is 12.0. The van der Waals surface area contributed by atoms with Gasteiger partial charge < -0.3 is 84.2 Å². The minimum Gasteiger partial charge on any atom is -0.394 e. The van der Waals surface area contributed by atoms with Crippen LogP contribution in [0.5, 0.6) is 0 Å². The Morgan fingerprint density at radius 1 is 0.646 bits per heavy atom. The maximum Gasteiger partial charge on any atom is 0.187 e. The van der Waals surface area contributed by atoms with Crippen molar-refractivity contribution in [1.29, 1.82) is 0 Å². The molecule has 374 valence electrons. The number of hydrogen-bond acceptors (Lipinski definition) is 17. The van der Waals surface area contributed by atoms with E-state index in [0.29, 0.717) is 22.2 Å². The quantitative estimate of drug-likeness (QED) is 0.0975. The molecule has 2 bridgehead atoms. The molecule has 0 radical (unpaired) electrons. The zero-order valence-electron chi connectivity index (χ0n) is 38.9. The van der Waals surface area contributed by atoms with Gasteiger partial charge in [-0.2, -0.15) is 0 Å². The third-order valence-electron chi connectivity index (χ3n) is 18.4. The van der Waals surface area contributed by atoms with E-state index in [-0.39, 0.29) is 34.0 Å². The van der Waals surface area contributed by atoms with E-state index < -0.39 is 130 Å². The summed E-state index contributed by atoms with van der Waals surface area (Å²) in [6, 6.07) is 0. The van der Waals surface area contributed by atoms with Gasteiger partial charge in [0.05, 0.1) is 37.6 Å². The molecule has 17 nitrogen and oxygen atoms in total. The maximum absolute atomic E-state index is 12.0. The molecule has 0 aromatic carbocycles. The van der Waals surface area contributed by atoms with E-state index in [9.17, 15) is 51.1 Å². The van der Waals surface area contributed by atoms with Crippen LogP contribution in [0.3, 0.4) is 0 Å². The number of allylic oxidation sites excluding steroid dienone is 2. The molecule has 18 unspecified atom stereocenters. The van der Waals surface area contributed by atoms with E-state index in [0.717, 1.165) is 32.1 Å². The summed E-state index contributed by atoms with van der Waals surface area (Å²) in [6.07, 6.45) is -14.4. The molecule has 3 saturated carbocycles. The second-order valence-electron chi connectivity index (χ2n) is 22.6. The van der Waals surface area contributed by atoms with Crippen molar-refractivity contribution in [2.24, 2.45) is 39.4 Å². The third kappa shape index (κ3) is 8.65. The third-order valence-corrected chi connectivity index (χ3v) is 20.6. The predicted octanol–water partition coefficient (Wildman–Crippen LogP) is 1.19. The first-order chi connectivity index (χ1) is 30.4. The second-order valence-corrected chi connectivity index (χ2v) is 24.1. The Labute approximate surface area is 396 Å². The average molecular weight is 1040 g/mol. The van der Waals surface area contributed by atoms with Crippen LogP contribution in [-0.4, -0.2) is 185 Å². The predicted molar refractivity (Wildman–Crippen MR) is 239 cm³/mol. The van der Waals surface area contributed by atoms with Gasteiger partial charge in [0.25, 0.3) is 0 Å². The lowest BCUT2D eigenvalue weighted by Gasteiger charge is -2.66. The molecule has 4 heterocycles. The first kappa shape index (κ1) is 51.2. The lowest BCUT2D eigenvalue weighted by atomic mass is 9.39. The van der Waals surface area contributed by atoms with Crippen LogP contribution in [-0.2, 0) is 33.2 Å². The molecule has 0 aromatic heterocycles. The summed E-state index contributed by atoms with van der Waals surface area (Å²) in [5.74, 6) is 0.931. The van der Waals surface area contributed by atoms with E-state index >= 15 is 0 Å². The topological polar surface area (TPSA) is 267 Å². The number of hydrogen-bond donors (Lipinski definition) is 10. The van der Waals surface area contributed by atoms with Crippen LogP contribution < -0.4 is 0 Å². The molecule has 10 N–H and O–H groups in total. The zero-order valence-corrected chi connectivity index (χ0v) is 41.1. The molecule has 4 aliphatic heterocycles. The molecule has 65 heavy (non-hydrogen) atoms. The Morgan fingerprint density at radius 2 is 1.31 bits per heavy atom. The highest BCUT2D eigenvalue weighted by molar-refractivity contribution is 14.1. The molecule has 0 amide bonds. The van der Waals surface area contributed by atoms with E-state index in [1.54, 1.807) is 19.4 Å². The minimum atomic E-state index is -1.80. The van der Waals surface area contributed by atoms with Gasteiger partial charge >= 0.3 is 0 Å². The van der Waals surface area contributed by atoms with Crippen LogP contribution in [0.4, 0.5) is 0 Å². The smallest absolute Gasteiger partial charge is 0.187 e. The summed E-state index contributed by atoms with van der Waals surface area (Å²) in [7, 11) is 0. The van der Waals surface area contributed by atoms with Crippen LogP contribution >= 0.6 is 22.6 Å². The Morgan fingerprint density at radius 3 is 1.98 bits per heavy atom. The van der Waals surface area contributed by atoms with Crippen molar-refractivity contribution in [1.82, 2.24) is 0 Å². The molecule has 0 spiro atoms. The van der Waals surface area contributed by atoms with Crippen molar-refractivity contribution >= 4 is 22.6 Å². The summed E-state index contributed by atoms with van der Waals surface area (Å²) >= 11 is 2.65. The van der Waals surface area contributed by atoms with E-state index in [1.165, 1.54) is 12.8 Å². The fraction of sp³-hybridized carbons (Fsp3) is 0.957. The number of aliphatic hydroxyl groups excluding tert-OH is 9. The summed E-state index contributed by atoms with van der Waals surface area (Å²) < 4.78 is 43.8. The molecule has 24 atom stereocenters. The Kier molecular flexibility index (Phi) is 14.8. The van der Waals surface area contributed by atoms with Gasteiger partial charge in [-0.05, 0) is 111 Å². The van der Waals surface area contributed by atoms with Gasteiger partial charge in [-0.3, -0.25) is 0 Å². The molecule has 7 fully saturated rings. The first-order valence-electron chi connectivity index (χ1n) is 24.0. The summed E-state index contributed by atoms with van der Waals surface area (Å²) in [4.78, 5) is 0. The monoisotopic (exact) mass is 1040 g/mol. The van der Waals surface area contributed by atoms with Gasteiger partial charge in [0, 0.05) is 3.92 Å². The standard InChI is InChI=1S/C47H77IO17/c1-43(2)21-8-11-28-45(5,22(21)9-12-29(43)48)16-17-46(6)23(14-15-47(28,46)7)24-10-13-30(44(3,4)58)64-42-39(65-41-37(57)38(60-24)33(53)26(19-50)62-41)35(55)32(52)27(63-42)20-59-40-36(56)34(54)31(51)25(18-49)61-40/h8,22-42,49-58H,9-20H2,1-7H3/t22?,23-,24-,25?,26?,27?,28?,29+,30?,31?,32?,33?,34?,35?,36?,37?,38?,39?,40?,41?,42?,45+,46-,47+/m1/s1. The molecule has 8 rings (SSSR count). The summed E-state index contributed by atoms with van der Waals surface area (Å²) in [5.41, 5.74) is 0.131. The number of rotatable bonds is 7. The van der Waals surface area contributed by atoms with Crippen LogP contribution in [0.15, 0.2) is 11.6 Å². The lowest BCUT2D eigenvalue weighted by molar-refractivity contribution is -0.386. The first-order valence-corrected chi connectivity index (χ1v) is 25.3. The van der Waals surface area contributed by atoms with E-state index in [2.05, 4.69) is 63.3 Å². The largest absolute Gasteiger partial charge is 0.394 e. The zero-order chi connectivity index (χ0) is 47.3. The van der Waals surface area contributed by atoms with Gasteiger partial charge in [-0.25, -0.2) is 0 Å². The Balaban J connectivity index is 1.09. The lowest BCUT2D eigenvalue weighted by Crippen LogP contribution is -2.66. The molecule has 4 saturated heterocycles. The van der Waals surface area contributed by atoms with Crippen LogP contribution in [0.25, 0.3) is 0 Å². The van der Waals surface area contributed by atoms with Crippen molar-refractivity contribution in [3.8, 4) is 0 Å². The van der Waals surface area contributed by atoms with Crippen molar-refractivity contribution in [2.75, 3.05) is 19.8 Å². The molecule has 18 heteroatoms. The number of fused-ring (bicyclic) bond motifs is 8. The molecule has 8 aliphatic rings. The van der Waals surface area contributed by atoms with Crippen molar-refractivity contribution in [2.45, 2.75) is 220 Å². The second kappa shape index (κ2) is 18.8. The highest BCUT2D eigenvalue weighted by Gasteiger charge is 2.68. The SMILES string of the molecule is CC(C)(O)C1CC[C@H]([C@H]2CC[C@@]3(C)C4CC=C5C(CC[C@H](I)C5(C)C)[C@]4(C)CC[C@]23C)OC2C(O)C(CO)OC(OC3C(OC(COC4OC(CO)C(O)C(O)C4O)C(O)C3O)O1)C2O. The Bertz CT molecular complexity index is 1700. The summed E-state index contributed by atoms with van der Waals surface area (Å²) in [5, 5.41) is 110. The normalized spacial score (nSPS) is 53.9. The molecule has 4 aliphatic carbocycles. The minimum absolute atomic E-state index is 0.0249. The van der Waals surface area contributed by atoms with Gasteiger partial charge in [0.2, 0.25) is 0 Å². The number of alkyl halides is 1. The van der Waals surface area contributed by atoms with Crippen LogP contribution in [0, 0.1) is 39.4 Å². The molecule has 0 aromatic rings. The van der Waals surface area contributed by atoms with Crippen molar-refractivity contribution < 1.29 is 84.2 Å². The number of halogens is 1. The average Bonchev–Trinajstić information content (AvgIpc) is 3.53. The molecular weight excluding hydrogens is 963 g/mol. The van der Waals surface area contributed by atoms with Gasteiger partial charge in [0.1, 0.15) is 73.2 Å². The fourth-order valence-electron chi connectivity index (χ4n) is 14.1. The van der Waals surface area contributed by atoms with Gasteiger partial charge in [-0.1, -0.05) is 68.9 Å². The van der Waals surface area contributed by atoms with Crippen molar-refractivity contribution in [3.63, 3.8) is 0 Å². The number of ether oxygens (including phenoxy) is 7. The van der Waals surface area contributed by atoms with E-state index in [1.807, 2.05) is 0 Å². The van der Waals surface area contributed by atoms with Gasteiger partial charge in [-0.15, -0.1) is 0 Å². The van der Waals surface area contributed by atoms with E-state index in [4.69, 9.17) is 33.2 Å².